The SMILES string of the molecule is [C-]#[N+]c1ccc(N(Cc2nnc(-c3ccn(C)n3)o2)CC(F)(F)F)cc1C(F)(F)F. The van der Waals surface area contributed by atoms with Gasteiger partial charge in [0, 0.05) is 18.9 Å². The lowest BCUT2D eigenvalue weighted by molar-refractivity contribution is -0.136. The molecule has 0 unspecified atom stereocenters. The van der Waals surface area contributed by atoms with Crippen molar-refractivity contribution in [2.75, 3.05) is 11.4 Å². The van der Waals surface area contributed by atoms with Crippen molar-refractivity contribution in [2.45, 2.75) is 18.9 Å². The van der Waals surface area contributed by atoms with E-state index < -0.39 is 42.4 Å². The molecule has 2 heterocycles. The summed E-state index contributed by atoms with van der Waals surface area (Å²) in [5, 5.41) is 11.4. The summed E-state index contributed by atoms with van der Waals surface area (Å²) in [6.45, 7) is 4.67. The maximum absolute atomic E-state index is 13.2. The Morgan fingerprint density at radius 1 is 1.13 bits per heavy atom. The number of nitrogens with zero attached hydrogens (tertiary/aromatic N) is 6. The molecule has 13 heteroatoms. The van der Waals surface area contributed by atoms with Crippen molar-refractivity contribution in [3.05, 3.63) is 53.3 Å². The highest BCUT2D eigenvalue weighted by molar-refractivity contribution is 5.62. The predicted molar refractivity (Wildman–Crippen MR) is 91.3 cm³/mol. The summed E-state index contributed by atoms with van der Waals surface area (Å²) in [5.41, 5.74) is -2.15. The van der Waals surface area contributed by atoms with Crippen molar-refractivity contribution >= 4 is 11.4 Å². The van der Waals surface area contributed by atoms with E-state index >= 15 is 0 Å². The third-order valence-corrected chi connectivity index (χ3v) is 3.87. The number of aryl methyl sites for hydroxylation is 1. The van der Waals surface area contributed by atoms with E-state index in [1.165, 1.54) is 4.68 Å². The van der Waals surface area contributed by atoms with Crippen LogP contribution in [-0.2, 0) is 19.8 Å². The minimum absolute atomic E-state index is 0.0445. The molecule has 0 radical (unpaired) electrons. The molecule has 30 heavy (non-hydrogen) atoms. The van der Waals surface area contributed by atoms with E-state index in [2.05, 4.69) is 20.1 Å². The molecule has 7 nitrogen and oxygen atoms in total. The van der Waals surface area contributed by atoms with E-state index in [4.69, 9.17) is 11.0 Å². The monoisotopic (exact) mass is 430 g/mol. The van der Waals surface area contributed by atoms with Crippen molar-refractivity contribution in [3.8, 4) is 11.6 Å². The van der Waals surface area contributed by atoms with E-state index in [0.717, 1.165) is 12.1 Å². The van der Waals surface area contributed by atoms with Crippen LogP contribution in [0.2, 0.25) is 0 Å². The molecular weight excluding hydrogens is 418 g/mol. The van der Waals surface area contributed by atoms with Gasteiger partial charge in [0.1, 0.15) is 12.2 Å². The van der Waals surface area contributed by atoms with Gasteiger partial charge in [0.2, 0.25) is 5.89 Å². The van der Waals surface area contributed by atoms with Gasteiger partial charge in [-0.15, -0.1) is 10.2 Å². The van der Waals surface area contributed by atoms with Crippen LogP contribution in [0.3, 0.4) is 0 Å². The maximum Gasteiger partial charge on any atom is 0.407 e. The fraction of sp³-hybridized carbons (Fsp3) is 0.294. The van der Waals surface area contributed by atoms with Gasteiger partial charge in [0.05, 0.1) is 18.7 Å². The quantitative estimate of drug-likeness (QED) is 0.437. The Morgan fingerprint density at radius 3 is 2.43 bits per heavy atom. The van der Waals surface area contributed by atoms with Crippen molar-refractivity contribution in [2.24, 2.45) is 7.05 Å². The molecule has 3 rings (SSSR count). The summed E-state index contributed by atoms with van der Waals surface area (Å²) in [6.07, 6.45) is -8.04. The lowest BCUT2D eigenvalue weighted by Gasteiger charge is -2.25. The Morgan fingerprint density at radius 2 is 1.87 bits per heavy atom. The van der Waals surface area contributed by atoms with E-state index in [-0.39, 0.29) is 11.8 Å². The molecule has 0 spiro atoms. The van der Waals surface area contributed by atoms with Gasteiger partial charge in [0.25, 0.3) is 5.89 Å². The van der Waals surface area contributed by atoms with Crippen molar-refractivity contribution < 1.29 is 30.8 Å². The first-order valence-corrected chi connectivity index (χ1v) is 8.19. The minimum atomic E-state index is -4.91. The van der Waals surface area contributed by atoms with Gasteiger partial charge in [-0.05, 0) is 18.2 Å². The normalized spacial score (nSPS) is 12.1. The Labute approximate surface area is 165 Å². The van der Waals surface area contributed by atoms with Gasteiger partial charge in [-0.1, -0.05) is 6.07 Å². The second-order valence-corrected chi connectivity index (χ2v) is 6.16. The van der Waals surface area contributed by atoms with Crippen LogP contribution in [0.25, 0.3) is 16.4 Å². The lowest BCUT2D eigenvalue weighted by atomic mass is 10.1. The van der Waals surface area contributed by atoms with Crippen LogP contribution < -0.4 is 4.90 Å². The van der Waals surface area contributed by atoms with Gasteiger partial charge in [-0.25, -0.2) is 4.85 Å². The molecule has 0 N–H and O–H groups in total. The first kappa shape index (κ1) is 21.2. The molecular formula is C17H12F6N6O. The number of benzene rings is 1. The van der Waals surface area contributed by atoms with Gasteiger partial charge in [-0.2, -0.15) is 31.4 Å². The first-order valence-electron chi connectivity index (χ1n) is 8.19. The molecule has 1 aromatic carbocycles. The largest absolute Gasteiger partial charge is 0.417 e. The van der Waals surface area contributed by atoms with Crippen LogP contribution in [0.15, 0.2) is 34.9 Å². The molecule has 0 aliphatic rings. The van der Waals surface area contributed by atoms with Crippen LogP contribution in [0.1, 0.15) is 11.5 Å². The molecule has 3 aromatic rings. The average Bonchev–Trinajstić information content (AvgIpc) is 3.27. The third kappa shape index (κ3) is 4.88. The highest BCUT2D eigenvalue weighted by Crippen LogP contribution is 2.39. The first-order chi connectivity index (χ1) is 14.0. The van der Waals surface area contributed by atoms with Crippen molar-refractivity contribution in [1.82, 2.24) is 20.0 Å². The highest BCUT2D eigenvalue weighted by Gasteiger charge is 2.36. The number of hydrogen-bond donors (Lipinski definition) is 0. The molecule has 0 fully saturated rings. The van der Waals surface area contributed by atoms with Crippen LogP contribution in [0.4, 0.5) is 37.7 Å². The Balaban J connectivity index is 1.95. The van der Waals surface area contributed by atoms with E-state index in [1.54, 1.807) is 19.3 Å². The summed E-state index contributed by atoms with van der Waals surface area (Å²) in [6, 6.07) is 3.87. The van der Waals surface area contributed by atoms with Crippen molar-refractivity contribution in [3.63, 3.8) is 0 Å². The molecule has 0 aliphatic heterocycles. The van der Waals surface area contributed by atoms with Gasteiger partial charge in [-0.3, -0.25) is 4.68 Å². The summed E-state index contributed by atoms with van der Waals surface area (Å²) in [5.74, 6) is -0.292. The average molecular weight is 430 g/mol. The molecule has 0 bridgehead atoms. The Kier molecular flexibility index (Phi) is 5.43. The Bertz CT molecular complexity index is 1080. The third-order valence-electron chi connectivity index (χ3n) is 3.87. The fourth-order valence-electron chi connectivity index (χ4n) is 2.61. The number of hydrogen-bond acceptors (Lipinski definition) is 5. The molecule has 0 aliphatic carbocycles. The van der Waals surface area contributed by atoms with Crippen LogP contribution in [0.5, 0.6) is 0 Å². The number of rotatable bonds is 5. The molecule has 0 atom stereocenters. The van der Waals surface area contributed by atoms with Crippen LogP contribution in [-0.4, -0.2) is 32.7 Å². The van der Waals surface area contributed by atoms with Gasteiger partial charge >= 0.3 is 12.4 Å². The Hall–Kier alpha value is -3.56. The maximum atomic E-state index is 13.2. The summed E-state index contributed by atoms with van der Waals surface area (Å²) in [7, 11) is 1.64. The molecule has 0 saturated heterocycles. The zero-order valence-corrected chi connectivity index (χ0v) is 15.2. The zero-order valence-electron chi connectivity index (χ0n) is 15.2. The smallest absolute Gasteiger partial charge is 0.407 e. The predicted octanol–water partition coefficient (Wildman–Crippen LogP) is 4.61. The van der Waals surface area contributed by atoms with Crippen molar-refractivity contribution in [1.29, 1.82) is 0 Å². The minimum Gasteiger partial charge on any atom is -0.417 e. The summed E-state index contributed by atoms with van der Waals surface area (Å²) in [4.78, 5) is 3.38. The van der Waals surface area contributed by atoms with Crippen LogP contribution >= 0.6 is 0 Å². The molecule has 0 saturated carbocycles. The van der Waals surface area contributed by atoms with E-state index in [0.29, 0.717) is 16.7 Å². The second-order valence-electron chi connectivity index (χ2n) is 6.16. The molecule has 0 amide bonds. The fourth-order valence-corrected chi connectivity index (χ4v) is 2.61. The molecule has 2 aromatic heterocycles. The number of aromatic nitrogens is 4. The zero-order chi connectivity index (χ0) is 22.1. The van der Waals surface area contributed by atoms with Gasteiger partial charge in [0.15, 0.2) is 5.69 Å². The van der Waals surface area contributed by atoms with E-state index in [1.807, 2.05) is 0 Å². The summed E-state index contributed by atoms with van der Waals surface area (Å²) >= 11 is 0. The standard InChI is InChI=1S/C17H12F6N6O/c1-24-12-4-3-10(7-11(12)17(21,22)23)29(9-16(18,19)20)8-14-25-26-15(30-14)13-5-6-28(2)27-13/h3-7H,8-9H2,2H3. The van der Waals surface area contributed by atoms with Crippen LogP contribution in [0, 0.1) is 6.57 Å². The number of halogens is 6. The summed E-state index contributed by atoms with van der Waals surface area (Å²) < 4.78 is 85.5. The number of anilines is 1. The second kappa shape index (κ2) is 7.69. The number of alkyl halides is 6. The topological polar surface area (TPSA) is 64.3 Å². The molecule has 158 valence electrons. The lowest BCUT2D eigenvalue weighted by Crippen LogP contribution is -2.34. The van der Waals surface area contributed by atoms with Gasteiger partial charge < -0.3 is 9.32 Å². The van der Waals surface area contributed by atoms with E-state index in [9.17, 15) is 26.3 Å². The highest BCUT2D eigenvalue weighted by atomic mass is 19.4.